The lowest BCUT2D eigenvalue weighted by atomic mass is 10.2. The minimum absolute atomic E-state index is 0.200. The van der Waals surface area contributed by atoms with Gasteiger partial charge in [-0.25, -0.2) is 8.42 Å². The maximum atomic E-state index is 12.2. The van der Waals surface area contributed by atoms with Gasteiger partial charge in [0.2, 0.25) is 10.0 Å². The van der Waals surface area contributed by atoms with Crippen molar-refractivity contribution in [3.05, 3.63) is 63.6 Å². The van der Waals surface area contributed by atoms with Gasteiger partial charge in [0, 0.05) is 40.7 Å². The molecule has 5 nitrogen and oxygen atoms in total. The summed E-state index contributed by atoms with van der Waals surface area (Å²) in [6, 6.07) is 11.8. The number of anilines is 1. The highest BCUT2D eigenvalue weighted by molar-refractivity contribution is 7.98. The van der Waals surface area contributed by atoms with E-state index in [9.17, 15) is 13.2 Å². The number of benzene rings is 2. The van der Waals surface area contributed by atoms with Crippen molar-refractivity contribution in [1.29, 1.82) is 0 Å². The second kappa shape index (κ2) is 9.68. The summed E-state index contributed by atoms with van der Waals surface area (Å²) in [6.07, 6.45) is 1.13. The van der Waals surface area contributed by atoms with Crippen molar-refractivity contribution in [2.24, 2.45) is 0 Å². The minimum atomic E-state index is -3.32. The summed E-state index contributed by atoms with van der Waals surface area (Å²) in [5.74, 6) is 1.27. The molecule has 0 bridgehead atoms. The van der Waals surface area contributed by atoms with Crippen molar-refractivity contribution >= 4 is 56.6 Å². The van der Waals surface area contributed by atoms with Crippen LogP contribution in [0, 0.1) is 0 Å². The SMILES string of the molecule is CN(c1ccc(C(=O)NCCSCc2ccc(Cl)cc2Cl)cc1)S(C)(=O)=O. The summed E-state index contributed by atoms with van der Waals surface area (Å²) in [6.45, 7) is 0.514. The van der Waals surface area contributed by atoms with Crippen LogP contribution in [-0.2, 0) is 15.8 Å². The fourth-order valence-electron chi connectivity index (χ4n) is 2.17. The van der Waals surface area contributed by atoms with Crippen molar-refractivity contribution in [1.82, 2.24) is 5.32 Å². The van der Waals surface area contributed by atoms with E-state index in [0.29, 0.717) is 27.8 Å². The van der Waals surface area contributed by atoms with Gasteiger partial charge in [0.05, 0.1) is 11.9 Å². The molecule has 0 saturated heterocycles. The van der Waals surface area contributed by atoms with E-state index in [4.69, 9.17) is 23.2 Å². The molecule has 0 saturated carbocycles. The van der Waals surface area contributed by atoms with Crippen LogP contribution < -0.4 is 9.62 Å². The average Bonchev–Trinajstić information content (AvgIpc) is 2.61. The number of rotatable bonds is 8. The van der Waals surface area contributed by atoms with E-state index < -0.39 is 10.0 Å². The molecule has 2 aromatic rings. The van der Waals surface area contributed by atoms with Crippen LogP contribution in [0.3, 0.4) is 0 Å². The third-order valence-corrected chi connectivity index (χ3v) is 6.60. The largest absolute Gasteiger partial charge is 0.351 e. The third kappa shape index (κ3) is 6.60. The molecule has 0 atom stereocenters. The topological polar surface area (TPSA) is 66.5 Å². The number of thioether (sulfide) groups is 1. The molecule has 27 heavy (non-hydrogen) atoms. The first-order valence-corrected chi connectivity index (χ1v) is 11.8. The van der Waals surface area contributed by atoms with E-state index in [2.05, 4.69) is 5.32 Å². The molecular formula is C18H20Cl2N2O3S2. The van der Waals surface area contributed by atoms with Crippen LogP contribution in [0.1, 0.15) is 15.9 Å². The van der Waals surface area contributed by atoms with Gasteiger partial charge in [-0.15, -0.1) is 0 Å². The van der Waals surface area contributed by atoms with Gasteiger partial charge >= 0.3 is 0 Å². The monoisotopic (exact) mass is 446 g/mol. The van der Waals surface area contributed by atoms with Gasteiger partial charge in [0.25, 0.3) is 5.91 Å². The first-order valence-electron chi connectivity index (χ1n) is 8.02. The van der Waals surface area contributed by atoms with Gasteiger partial charge in [-0.2, -0.15) is 11.8 Å². The van der Waals surface area contributed by atoms with Crippen LogP contribution in [0.5, 0.6) is 0 Å². The van der Waals surface area contributed by atoms with Crippen molar-refractivity contribution in [3.8, 4) is 0 Å². The number of nitrogens with zero attached hydrogens (tertiary/aromatic N) is 1. The summed E-state index contributed by atoms with van der Waals surface area (Å²) >= 11 is 13.7. The van der Waals surface area contributed by atoms with Crippen molar-refractivity contribution < 1.29 is 13.2 Å². The van der Waals surface area contributed by atoms with Crippen molar-refractivity contribution in [2.45, 2.75) is 5.75 Å². The summed E-state index contributed by atoms with van der Waals surface area (Å²) in [4.78, 5) is 12.2. The highest BCUT2D eigenvalue weighted by atomic mass is 35.5. The summed E-state index contributed by atoms with van der Waals surface area (Å²) in [7, 11) is -1.86. The zero-order valence-electron chi connectivity index (χ0n) is 14.9. The molecule has 9 heteroatoms. The summed E-state index contributed by atoms with van der Waals surface area (Å²) in [5.41, 5.74) is 1.99. The summed E-state index contributed by atoms with van der Waals surface area (Å²) in [5, 5.41) is 4.09. The lowest BCUT2D eigenvalue weighted by Crippen LogP contribution is -2.26. The van der Waals surface area contributed by atoms with Crippen molar-refractivity contribution in [3.63, 3.8) is 0 Å². The summed E-state index contributed by atoms with van der Waals surface area (Å²) < 4.78 is 24.2. The Bertz CT molecular complexity index is 903. The molecule has 0 heterocycles. The smallest absolute Gasteiger partial charge is 0.251 e. The minimum Gasteiger partial charge on any atom is -0.351 e. The van der Waals surface area contributed by atoms with E-state index in [0.717, 1.165) is 27.6 Å². The second-order valence-corrected chi connectivity index (χ2v) is 9.78. The molecule has 0 radical (unpaired) electrons. The molecule has 0 aliphatic carbocycles. The van der Waals surface area contributed by atoms with E-state index in [1.807, 2.05) is 6.07 Å². The Kier molecular flexibility index (Phi) is 7.85. The van der Waals surface area contributed by atoms with Crippen LogP contribution >= 0.6 is 35.0 Å². The van der Waals surface area contributed by atoms with Gasteiger partial charge in [-0.3, -0.25) is 9.10 Å². The molecule has 1 amide bonds. The fourth-order valence-corrected chi connectivity index (χ4v) is 4.10. The number of nitrogens with one attached hydrogen (secondary N) is 1. The van der Waals surface area contributed by atoms with Gasteiger partial charge in [0.1, 0.15) is 0 Å². The van der Waals surface area contributed by atoms with Crippen LogP contribution in [0.25, 0.3) is 0 Å². The Morgan fingerprint density at radius 2 is 1.81 bits per heavy atom. The molecule has 0 aromatic heterocycles. The van der Waals surface area contributed by atoms with E-state index in [-0.39, 0.29) is 5.91 Å². The highest BCUT2D eigenvalue weighted by Crippen LogP contribution is 2.24. The number of sulfonamides is 1. The predicted molar refractivity (Wildman–Crippen MR) is 115 cm³/mol. The molecule has 2 aromatic carbocycles. The molecule has 0 aliphatic heterocycles. The zero-order chi connectivity index (χ0) is 20.0. The molecule has 0 fully saturated rings. The molecular weight excluding hydrogens is 427 g/mol. The average molecular weight is 447 g/mol. The molecule has 0 aliphatic rings. The van der Waals surface area contributed by atoms with Crippen LogP contribution in [-0.4, -0.2) is 39.9 Å². The van der Waals surface area contributed by atoms with Crippen LogP contribution in [0.15, 0.2) is 42.5 Å². The first-order chi connectivity index (χ1) is 12.7. The van der Waals surface area contributed by atoms with E-state index in [1.165, 1.54) is 7.05 Å². The molecule has 146 valence electrons. The maximum Gasteiger partial charge on any atom is 0.251 e. The Labute approximate surface area is 174 Å². The zero-order valence-corrected chi connectivity index (χ0v) is 18.1. The number of hydrogen-bond acceptors (Lipinski definition) is 4. The van der Waals surface area contributed by atoms with Crippen LogP contribution in [0.4, 0.5) is 5.69 Å². The quantitative estimate of drug-likeness (QED) is 0.620. The lowest BCUT2D eigenvalue weighted by molar-refractivity contribution is 0.0956. The van der Waals surface area contributed by atoms with Gasteiger partial charge in [0.15, 0.2) is 0 Å². The lowest BCUT2D eigenvalue weighted by Gasteiger charge is -2.16. The fraction of sp³-hybridized carbons (Fsp3) is 0.278. The number of hydrogen-bond donors (Lipinski definition) is 1. The molecule has 2 rings (SSSR count). The van der Waals surface area contributed by atoms with E-state index in [1.54, 1.807) is 48.2 Å². The Balaban J connectivity index is 1.79. The van der Waals surface area contributed by atoms with Crippen LogP contribution in [0.2, 0.25) is 10.0 Å². The molecule has 0 unspecified atom stereocenters. The standard InChI is InChI=1S/C18H20Cl2N2O3S2/c1-22(27(2,24)25)16-7-4-13(5-8-16)18(23)21-9-10-26-12-14-3-6-15(19)11-17(14)20/h3-8,11H,9-10,12H2,1-2H3,(H,21,23). The Morgan fingerprint density at radius 3 is 2.41 bits per heavy atom. The van der Waals surface area contributed by atoms with Gasteiger partial charge < -0.3 is 5.32 Å². The van der Waals surface area contributed by atoms with Crippen molar-refractivity contribution in [2.75, 3.05) is 29.9 Å². The van der Waals surface area contributed by atoms with Gasteiger partial charge in [-0.1, -0.05) is 29.3 Å². The highest BCUT2D eigenvalue weighted by Gasteiger charge is 2.12. The van der Waals surface area contributed by atoms with Gasteiger partial charge in [-0.05, 0) is 42.0 Å². The second-order valence-electron chi connectivity index (χ2n) is 5.82. The Morgan fingerprint density at radius 1 is 1.15 bits per heavy atom. The first kappa shape index (κ1) is 21.9. The number of amides is 1. The Hall–Kier alpha value is -1.41. The number of carbonyl (C=O) groups is 1. The molecule has 1 N–H and O–H groups in total. The third-order valence-electron chi connectivity index (χ3n) is 3.80. The maximum absolute atomic E-state index is 12.2. The predicted octanol–water partition coefficient (Wildman–Crippen LogP) is 4.05. The number of carbonyl (C=O) groups excluding carboxylic acids is 1. The molecule has 0 spiro atoms. The number of halogens is 2. The normalized spacial score (nSPS) is 11.3. The van der Waals surface area contributed by atoms with E-state index >= 15 is 0 Å².